The van der Waals surface area contributed by atoms with Gasteiger partial charge in [0.1, 0.15) is 0 Å². The molecule has 0 aromatic carbocycles. The van der Waals surface area contributed by atoms with Gasteiger partial charge in [0.25, 0.3) is 0 Å². The van der Waals surface area contributed by atoms with E-state index in [1.54, 1.807) is 22.6 Å². The Morgan fingerprint density at radius 3 is 1.59 bits per heavy atom. The monoisotopic (exact) mass is 632 g/mol. The Morgan fingerprint density at radius 1 is 1.04 bits per heavy atom. The van der Waals surface area contributed by atoms with Crippen LogP contribution in [0.4, 0.5) is 26.3 Å². The number of alkyl halides is 8. The van der Waals surface area contributed by atoms with Crippen molar-refractivity contribution < 1.29 is 41.0 Å². The van der Waals surface area contributed by atoms with Crippen molar-refractivity contribution in [3.8, 4) is 0 Å². The molecule has 0 bridgehead atoms. The second-order valence-electron chi connectivity index (χ2n) is 7.33. The minimum atomic E-state index is -6.12. The molecular formula is C14H20F6I2N2O3. The number of halogens is 8. The van der Waals surface area contributed by atoms with E-state index >= 15 is 0 Å². The second kappa shape index (κ2) is 6.44. The Bertz CT molecular complexity index is 607. The molecule has 5 nitrogen and oxygen atoms in total. The number of ether oxygens (including phenoxy) is 1. The molecule has 2 aliphatic heterocycles. The summed E-state index contributed by atoms with van der Waals surface area (Å²) in [7, 11) is 0. The molecule has 2 saturated heterocycles. The summed E-state index contributed by atoms with van der Waals surface area (Å²) in [5.74, 6) is -4.23. The standard InChI is InChI=1S/C14H20F6I2N2O3/c1-6(2)10(7(3)4,11(26,12(15,16)17)13(18,19)20)27-8(25)9(5,21)14-22(23-14)24-14/h6-7,23-24,26H,1-5H3. The fourth-order valence-electron chi connectivity index (χ4n) is 3.38. The molecule has 0 aromatic rings. The second-order valence-corrected chi connectivity index (χ2v) is 13.8. The summed E-state index contributed by atoms with van der Waals surface area (Å²) >= 11 is -0.0864. The van der Waals surface area contributed by atoms with Gasteiger partial charge in [-0.05, 0) is 0 Å². The molecule has 0 radical (unpaired) electrons. The van der Waals surface area contributed by atoms with E-state index in [-0.39, 0.29) is 0 Å². The molecule has 0 saturated carbocycles. The first-order chi connectivity index (χ1) is 11.8. The summed E-state index contributed by atoms with van der Waals surface area (Å²) in [5, 5.41) is 10.1. The predicted molar refractivity (Wildman–Crippen MR) is 101 cm³/mol. The zero-order valence-electron chi connectivity index (χ0n) is 14.9. The Balaban J connectivity index is 2.60. The quantitative estimate of drug-likeness (QED) is 0.0789. The summed E-state index contributed by atoms with van der Waals surface area (Å²) < 4.78 is 90.7. The average molecular weight is 632 g/mol. The van der Waals surface area contributed by atoms with Crippen LogP contribution in [0.25, 0.3) is 0 Å². The van der Waals surface area contributed by atoms with Gasteiger partial charge >= 0.3 is 174 Å². The number of carbonyl (C=O) groups excluding carboxylic acids is 1. The first-order valence-electron chi connectivity index (χ1n) is 7.86. The molecule has 160 valence electrons. The molecule has 13 heteroatoms. The molecule has 0 aliphatic carbocycles. The van der Waals surface area contributed by atoms with Gasteiger partial charge in [0.2, 0.25) is 0 Å². The molecule has 27 heavy (non-hydrogen) atoms. The first-order valence-corrected chi connectivity index (χ1v) is 12.2. The van der Waals surface area contributed by atoms with Gasteiger partial charge in [-0.2, -0.15) is 0 Å². The molecule has 3 N–H and O–H groups in total. The topological polar surface area (TPSA) is 90.4 Å². The zero-order chi connectivity index (χ0) is 21.4. The van der Waals surface area contributed by atoms with E-state index in [2.05, 4.69) is 7.06 Å². The molecule has 2 rings (SSSR count). The minimum absolute atomic E-state index is 0.761. The number of aliphatic hydroxyl groups is 1. The van der Waals surface area contributed by atoms with Crippen molar-refractivity contribution in [2.75, 3.05) is 0 Å². The SMILES string of the molecule is CC(C)C(OC(=O)C(C)(I)C12NI1N2)(C(C)C)C(O)(C(F)(F)F)C(F)(F)F. The normalized spacial score (nSPS) is 23.1. The Hall–Kier alpha value is 0.390. The zero-order valence-corrected chi connectivity index (χ0v) is 19.3. The van der Waals surface area contributed by atoms with Gasteiger partial charge in [-0.25, -0.2) is 0 Å². The molecular weight excluding hydrogens is 612 g/mol. The van der Waals surface area contributed by atoms with Gasteiger partial charge < -0.3 is 0 Å². The third-order valence-corrected chi connectivity index (χ3v) is 12.2. The summed E-state index contributed by atoms with van der Waals surface area (Å²) in [6.45, 7) is 5.61. The molecule has 2 aliphatic rings. The van der Waals surface area contributed by atoms with Crippen molar-refractivity contribution in [1.82, 2.24) is 7.06 Å². The van der Waals surface area contributed by atoms with E-state index in [1.807, 2.05) is 0 Å². The van der Waals surface area contributed by atoms with Crippen LogP contribution in [-0.4, -0.2) is 41.7 Å². The summed E-state index contributed by atoms with van der Waals surface area (Å²) in [6.07, 6.45) is -12.2. The van der Waals surface area contributed by atoms with Crippen LogP contribution in [0, 0.1) is 11.8 Å². The van der Waals surface area contributed by atoms with Crippen molar-refractivity contribution in [3.63, 3.8) is 0 Å². The molecule has 0 spiro atoms. The van der Waals surface area contributed by atoms with Crippen LogP contribution in [0.2, 0.25) is 0 Å². The maximum absolute atomic E-state index is 13.6. The molecule has 1 unspecified atom stereocenters. The Labute approximate surface area is 173 Å². The van der Waals surface area contributed by atoms with Crippen LogP contribution in [0.3, 0.4) is 0 Å². The fraction of sp³-hybridized carbons (Fsp3) is 0.929. The number of rotatable bonds is 6. The molecule has 1 atom stereocenters. The summed E-state index contributed by atoms with van der Waals surface area (Å²) in [4.78, 5) is 12.8. The van der Waals surface area contributed by atoms with Gasteiger partial charge in [-0.1, -0.05) is 0 Å². The van der Waals surface area contributed by atoms with Crippen molar-refractivity contribution in [1.29, 1.82) is 0 Å². The van der Waals surface area contributed by atoms with E-state index in [4.69, 9.17) is 4.74 Å². The van der Waals surface area contributed by atoms with E-state index in [1.165, 1.54) is 6.92 Å². The molecule has 2 heterocycles. The van der Waals surface area contributed by atoms with E-state index < -0.39 is 68.8 Å². The van der Waals surface area contributed by atoms with Crippen molar-refractivity contribution >= 4 is 48.9 Å². The van der Waals surface area contributed by atoms with E-state index in [0.717, 1.165) is 27.7 Å². The maximum atomic E-state index is 13.6. The third kappa shape index (κ3) is 3.08. The van der Waals surface area contributed by atoms with Crippen molar-refractivity contribution in [2.24, 2.45) is 11.8 Å². The summed E-state index contributed by atoms with van der Waals surface area (Å²) in [6, 6.07) is 0. The molecule has 2 fully saturated rings. The van der Waals surface area contributed by atoms with Gasteiger partial charge in [0, 0.05) is 0 Å². The van der Waals surface area contributed by atoms with Crippen LogP contribution in [0.5, 0.6) is 0 Å². The molecule has 0 aromatic heterocycles. The summed E-state index contributed by atoms with van der Waals surface area (Å²) in [5.41, 5.74) is -8.51. The first kappa shape index (κ1) is 23.7. The van der Waals surface area contributed by atoms with Crippen LogP contribution in [0.15, 0.2) is 0 Å². The van der Waals surface area contributed by atoms with E-state index in [0.29, 0.717) is 0 Å². The van der Waals surface area contributed by atoms with Gasteiger partial charge in [0.15, 0.2) is 0 Å². The Kier molecular flexibility index (Phi) is 5.65. The van der Waals surface area contributed by atoms with Gasteiger partial charge in [0.05, 0.1) is 0 Å². The van der Waals surface area contributed by atoms with Crippen LogP contribution in [0.1, 0.15) is 34.6 Å². The van der Waals surface area contributed by atoms with Gasteiger partial charge in [-0.3, -0.25) is 0 Å². The van der Waals surface area contributed by atoms with Crippen LogP contribution >= 0.6 is 43.0 Å². The number of fused-ring (bicyclic) bond motifs is 1. The van der Waals surface area contributed by atoms with Gasteiger partial charge in [-0.15, -0.1) is 0 Å². The Morgan fingerprint density at radius 2 is 1.37 bits per heavy atom. The van der Waals surface area contributed by atoms with Crippen LogP contribution < -0.4 is 7.06 Å². The fourth-order valence-corrected chi connectivity index (χ4v) is 11.1. The average Bonchev–Trinajstić information content (AvgIpc) is 3.29. The number of esters is 1. The van der Waals surface area contributed by atoms with Crippen LogP contribution in [-0.2, 0) is 9.53 Å². The van der Waals surface area contributed by atoms with Crippen molar-refractivity contribution in [3.05, 3.63) is 0 Å². The number of carbonyl (C=O) groups is 1. The number of hydrogen-bond acceptors (Lipinski definition) is 5. The molecule has 0 amide bonds. The van der Waals surface area contributed by atoms with E-state index in [9.17, 15) is 36.2 Å². The number of nitrogens with one attached hydrogen (secondary N) is 2. The third-order valence-electron chi connectivity index (χ3n) is 5.05. The number of hydrogen-bond donors (Lipinski definition) is 3. The predicted octanol–water partition coefficient (Wildman–Crippen LogP) is 3.83. The van der Waals surface area contributed by atoms with Crippen molar-refractivity contribution in [2.45, 2.75) is 65.3 Å².